The highest BCUT2D eigenvalue weighted by atomic mass is 127. The van der Waals surface area contributed by atoms with Crippen LogP contribution in [0.3, 0.4) is 0 Å². The van der Waals surface area contributed by atoms with Crippen LogP contribution in [0.1, 0.15) is 10.4 Å². The molecule has 1 amide bonds. The fourth-order valence-electron chi connectivity index (χ4n) is 1.60. The summed E-state index contributed by atoms with van der Waals surface area (Å²) in [6.45, 7) is 0. The fourth-order valence-corrected chi connectivity index (χ4v) is 2.12. The van der Waals surface area contributed by atoms with Crippen molar-refractivity contribution in [3.63, 3.8) is 0 Å². The van der Waals surface area contributed by atoms with Crippen molar-refractivity contribution in [1.82, 2.24) is 0 Å². The number of hydrogen-bond donors (Lipinski definition) is 3. The maximum absolute atomic E-state index is 13.5. The van der Waals surface area contributed by atoms with Gasteiger partial charge in [0, 0.05) is 9.13 Å². The van der Waals surface area contributed by atoms with E-state index in [1.807, 2.05) is 34.1 Å². The second kappa shape index (κ2) is 6.14. The van der Waals surface area contributed by atoms with Crippen LogP contribution in [0.2, 0.25) is 0 Å². The molecular formula is C13H10F2IN3O. The van der Waals surface area contributed by atoms with Crippen LogP contribution in [-0.2, 0) is 0 Å². The molecule has 20 heavy (non-hydrogen) atoms. The van der Waals surface area contributed by atoms with Crippen molar-refractivity contribution in [2.75, 3.05) is 10.7 Å². The Morgan fingerprint density at radius 3 is 2.30 bits per heavy atom. The quantitative estimate of drug-likeness (QED) is 0.430. The minimum atomic E-state index is -0.930. The summed E-state index contributed by atoms with van der Waals surface area (Å²) < 4.78 is 27.9. The maximum Gasteiger partial charge on any atom is 0.255 e. The number of para-hydroxylation sites is 1. The standard InChI is InChI=1S/C13H10F2IN3O/c14-8-5-7(6-9(15)12(8)19-17)13(20)18-11-4-2-1-3-10(11)16/h1-6,19H,17H2,(H,18,20). The van der Waals surface area contributed by atoms with Crippen molar-refractivity contribution in [3.05, 3.63) is 57.2 Å². The van der Waals surface area contributed by atoms with Crippen LogP contribution in [0.5, 0.6) is 0 Å². The first-order valence-corrected chi connectivity index (χ1v) is 6.62. The third-order valence-corrected chi connectivity index (χ3v) is 3.51. The minimum absolute atomic E-state index is 0.126. The van der Waals surface area contributed by atoms with E-state index in [4.69, 9.17) is 5.84 Å². The lowest BCUT2D eigenvalue weighted by molar-refractivity contribution is 0.102. The van der Waals surface area contributed by atoms with Crippen LogP contribution in [0.15, 0.2) is 36.4 Å². The number of rotatable bonds is 3. The molecule has 0 fully saturated rings. The molecule has 2 aromatic rings. The minimum Gasteiger partial charge on any atom is -0.321 e. The molecular weight excluding hydrogens is 379 g/mol. The lowest BCUT2D eigenvalue weighted by Crippen LogP contribution is -2.16. The van der Waals surface area contributed by atoms with E-state index in [9.17, 15) is 13.6 Å². The Balaban J connectivity index is 2.29. The van der Waals surface area contributed by atoms with Crippen molar-refractivity contribution in [3.8, 4) is 0 Å². The van der Waals surface area contributed by atoms with Crippen LogP contribution >= 0.6 is 22.6 Å². The van der Waals surface area contributed by atoms with Crippen molar-refractivity contribution >= 4 is 39.9 Å². The molecule has 4 nitrogen and oxygen atoms in total. The van der Waals surface area contributed by atoms with Gasteiger partial charge in [-0.1, -0.05) is 12.1 Å². The van der Waals surface area contributed by atoms with E-state index in [2.05, 4.69) is 5.32 Å². The largest absolute Gasteiger partial charge is 0.321 e. The lowest BCUT2D eigenvalue weighted by Gasteiger charge is -2.09. The van der Waals surface area contributed by atoms with Crippen molar-refractivity contribution < 1.29 is 13.6 Å². The van der Waals surface area contributed by atoms with Crippen LogP contribution in [0.4, 0.5) is 20.2 Å². The molecule has 7 heteroatoms. The highest BCUT2D eigenvalue weighted by Crippen LogP contribution is 2.22. The maximum atomic E-state index is 13.5. The number of carbonyl (C=O) groups is 1. The second-order valence-corrected chi connectivity index (χ2v) is 5.06. The van der Waals surface area contributed by atoms with E-state index in [1.54, 1.807) is 18.2 Å². The molecule has 0 spiro atoms. The number of nitrogen functional groups attached to an aromatic ring is 1. The van der Waals surface area contributed by atoms with Crippen LogP contribution in [0, 0.1) is 15.2 Å². The smallest absolute Gasteiger partial charge is 0.255 e. The Kier molecular flexibility index (Phi) is 4.50. The van der Waals surface area contributed by atoms with Crippen LogP contribution < -0.4 is 16.6 Å². The topological polar surface area (TPSA) is 67.1 Å². The molecule has 4 N–H and O–H groups in total. The zero-order valence-corrected chi connectivity index (χ0v) is 12.2. The number of halogens is 3. The molecule has 104 valence electrons. The monoisotopic (exact) mass is 389 g/mol. The molecule has 0 aromatic heterocycles. The van der Waals surface area contributed by atoms with Gasteiger partial charge in [-0.25, -0.2) is 8.78 Å². The Labute approximate surface area is 127 Å². The zero-order valence-electron chi connectivity index (χ0n) is 10.1. The first kappa shape index (κ1) is 14.7. The zero-order chi connectivity index (χ0) is 14.7. The van der Waals surface area contributed by atoms with Gasteiger partial charge in [0.05, 0.1) is 5.69 Å². The van der Waals surface area contributed by atoms with Gasteiger partial charge in [-0.15, -0.1) is 0 Å². The molecule has 2 rings (SSSR count). The molecule has 0 unspecified atom stereocenters. The highest BCUT2D eigenvalue weighted by molar-refractivity contribution is 14.1. The first-order valence-electron chi connectivity index (χ1n) is 5.54. The van der Waals surface area contributed by atoms with Crippen molar-refractivity contribution in [2.45, 2.75) is 0 Å². The predicted octanol–water partition coefficient (Wildman–Crippen LogP) is 3.11. The number of benzene rings is 2. The van der Waals surface area contributed by atoms with E-state index in [1.165, 1.54) is 0 Å². The second-order valence-electron chi connectivity index (χ2n) is 3.89. The van der Waals surface area contributed by atoms with E-state index in [0.29, 0.717) is 5.69 Å². The number of hydrogen-bond acceptors (Lipinski definition) is 3. The molecule has 0 radical (unpaired) electrons. The Bertz CT molecular complexity index is 641. The molecule has 0 saturated carbocycles. The summed E-state index contributed by atoms with van der Waals surface area (Å²) >= 11 is 2.05. The molecule has 2 aromatic carbocycles. The van der Waals surface area contributed by atoms with Gasteiger partial charge in [0.2, 0.25) is 0 Å². The fraction of sp³-hybridized carbons (Fsp3) is 0. The number of anilines is 2. The van der Waals surface area contributed by atoms with Gasteiger partial charge >= 0.3 is 0 Å². The molecule has 0 atom stereocenters. The number of nitrogens with two attached hydrogens (primary N) is 1. The normalized spacial score (nSPS) is 10.2. The average Bonchev–Trinajstić information content (AvgIpc) is 2.41. The summed E-state index contributed by atoms with van der Waals surface area (Å²) in [5.74, 6) is 2.53. The number of carbonyl (C=O) groups excluding carboxylic acids is 1. The van der Waals surface area contributed by atoms with Gasteiger partial charge in [0.1, 0.15) is 5.69 Å². The van der Waals surface area contributed by atoms with Gasteiger partial charge in [-0.05, 0) is 46.9 Å². The third-order valence-electron chi connectivity index (χ3n) is 2.57. The van der Waals surface area contributed by atoms with Crippen LogP contribution in [-0.4, -0.2) is 5.91 Å². The Morgan fingerprint density at radius 2 is 1.75 bits per heavy atom. The van der Waals surface area contributed by atoms with Gasteiger partial charge in [0.25, 0.3) is 5.91 Å². The summed E-state index contributed by atoms with van der Waals surface area (Å²) in [6.07, 6.45) is 0. The predicted molar refractivity (Wildman–Crippen MR) is 81.3 cm³/mol. The molecule has 0 bridgehead atoms. The number of nitrogens with one attached hydrogen (secondary N) is 2. The molecule has 0 aliphatic heterocycles. The average molecular weight is 389 g/mol. The third kappa shape index (κ3) is 3.05. The van der Waals surface area contributed by atoms with Crippen molar-refractivity contribution in [2.24, 2.45) is 5.84 Å². The summed E-state index contributed by atoms with van der Waals surface area (Å²) in [7, 11) is 0. The van der Waals surface area contributed by atoms with Crippen molar-refractivity contribution in [1.29, 1.82) is 0 Å². The van der Waals surface area contributed by atoms with Gasteiger partial charge < -0.3 is 10.7 Å². The summed E-state index contributed by atoms with van der Waals surface area (Å²) in [5.41, 5.74) is 1.87. The number of amides is 1. The van der Waals surface area contributed by atoms with Gasteiger partial charge in [0.15, 0.2) is 11.6 Å². The van der Waals surface area contributed by atoms with E-state index in [-0.39, 0.29) is 5.56 Å². The molecule has 0 aliphatic rings. The van der Waals surface area contributed by atoms with E-state index in [0.717, 1.165) is 15.7 Å². The summed E-state index contributed by atoms with van der Waals surface area (Å²) in [6, 6.07) is 8.91. The lowest BCUT2D eigenvalue weighted by atomic mass is 10.1. The van der Waals surface area contributed by atoms with Gasteiger partial charge in [-0.2, -0.15) is 0 Å². The van der Waals surface area contributed by atoms with Crippen LogP contribution in [0.25, 0.3) is 0 Å². The number of hydrazine groups is 1. The highest BCUT2D eigenvalue weighted by Gasteiger charge is 2.15. The first-order chi connectivity index (χ1) is 9.52. The Hall–Kier alpha value is -1.74. The molecule has 0 saturated heterocycles. The van der Waals surface area contributed by atoms with Gasteiger partial charge in [-0.3, -0.25) is 10.6 Å². The van der Waals surface area contributed by atoms with E-state index < -0.39 is 23.2 Å². The summed E-state index contributed by atoms with van der Waals surface area (Å²) in [5, 5.41) is 2.59. The van der Waals surface area contributed by atoms with E-state index >= 15 is 0 Å². The SMILES string of the molecule is NNc1c(F)cc(C(=O)Nc2ccccc2I)cc1F. The Morgan fingerprint density at radius 1 is 1.15 bits per heavy atom. The molecule has 0 heterocycles. The molecule has 0 aliphatic carbocycles. The summed E-state index contributed by atoms with van der Waals surface area (Å²) in [4.78, 5) is 12.0.